The fraction of sp³-hybridized carbons (Fsp3) is 0.350. The van der Waals surface area contributed by atoms with E-state index in [1.807, 2.05) is 12.2 Å². The number of rotatable bonds is 11. The second-order valence-corrected chi connectivity index (χ2v) is 12.0. The van der Waals surface area contributed by atoms with Crippen LogP contribution in [-0.2, 0) is 10.8 Å². The van der Waals surface area contributed by atoms with Crippen LogP contribution in [0.1, 0.15) is 103 Å². The molecule has 0 radical (unpaired) electrons. The van der Waals surface area contributed by atoms with E-state index in [2.05, 4.69) is 140 Å². The van der Waals surface area contributed by atoms with E-state index in [1.54, 1.807) is 0 Å². The van der Waals surface area contributed by atoms with Crippen molar-refractivity contribution >= 4 is 28.2 Å². The summed E-state index contributed by atoms with van der Waals surface area (Å²) in [5.74, 6) is 1.80. The van der Waals surface area contributed by atoms with Crippen molar-refractivity contribution in [2.75, 3.05) is 4.90 Å². The highest BCUT2D eigenvalue weighted by atomic mass is 16.5. The van der Waals surface area contributed by atoms with E-state index >= 15 is 0 Å². The number of benzene rings is 3. The van der Waals surface area contributed by atoms with Crippen molar-refractivity contribution in [2.24, 2.45) is 0 Å². The number of hydrogen-bond donors (Lipinski definition) is 0. The summed E-state index contributed by atoms with van der Waals surface area (Å²) < 4.78 is 6.82. The molecular formula is C40H49NO. The standard InChI is InChI=1S/C40H49NO/c1-11-28(12-2)30-23-31(29(13-3)14-4)25-34(24-30)41-35-21-19-32(39(9,15-5)16-6)26-37(35)42-38-27-33(20-22-36(38)41)40(10,17-7)18-8/h11-14,19-27H,1,3,15-18H2,2,4-10H3/b28-12+,29-14+. The molecule has 0 amide bonds. The van der Waals surface area contributed by atoms with Crippen LogP contribution in [0.25, 0.3) is 11.1 Å². The van der Waals surface area contributed by atoms with Gasteiger partial charge < -0.3 is 9.64 Å². The highest BCUT2D eigenvalue weighted by Gasteiger charge is 2.32. The van der Waals surface area contributed by atoms with Crippen molar-refractivity contribution in [3.8, 4) is 11.5 Å². The van der Waals surface area contributed by atoms with Gasteiger partial charge in [-0.1, -0.05) is 91.1 Å². The van der Waals surface area contributed by atoms with Crippen LogP contribution in [-0.4, -0.2) is 0 Å². The molecule has 0 bridgehead atoms. The molecule has 0 N–H and O–H groups in total. The summed E-state index contributed by atoms with van der Waals surface area (Å²) in [5, 5.41) is 0. The van der Waals surface area contributed by atoms with Crippen LogP contribution in [0, 0.1) is 0 Å². The normalized spacial score (nSPS) is 13.8. The topological polar surface area (TPSA) is 12.5 Å². The van der Waals surface area contributed by atoms with Gasteiger partial charge in [0.25, 0.3) is 0 Å². The van der Waals surface area contributed by atoms with E-state index in [0.717, 1.165) is 76.5 Å². The predicted molar refractivity (Wildman–Crippen MR) is 185 cm³/mol. The summed E-state index contributed by atoms with van der Waals surface area (Å²) in [6.07, 6.45) is 12.4. The summed E-state index contributed by atoms with van der Waals surface area (Å²) >= 11 is 0. The molecule has 3 aromatic carbocycles. The Morgan fingerprint density at radius 3 is 1.40 bits per heavy atom. The molecule has 0 unspecified atom stereocenters. The molecule has 3 aromatic rings. The molecule has 220 valence electrons. The van der Waals surface area contributed by atoms with E-state index in [0.29, 0.717) is 0 Å². The van der Waals surface area contributed by atoms with Crippen LogP contribution >= 0.6 is 0 Å². The molecule has 42 heavy (non-hydrogen) atoms. The molecule has 4 rings (SSSR count). The zero-order chi connectivity index (χ0) is 30.7. The number of anilines is 3. The van der Waals surface area contributed by atoms with Crippen molar-refractivity contribution in [3.63, 3.8) is 0 Å². The number of nitrogens with zero attached hydrogens (tertiary/aromatic N) is 1. The Kier molecular flexibility index (Phi) is 9.36. The first-order chi connectivity index (χ1) is 20.1. The Labute approximate surface area is 255 Å². The molecule has 2 heteroatoms. The molecular weight excluding hydrogens is 510 g/mol. The molecule has 0 saturated heterocycles. The van der Waals surface area contributed by atoms with Gasteiger partial charge in [0.2, 0.25) is 0 Å². The lowest BCUT2D eigenvalue weighted by atomic mass is 9.77. The Morgan fingerprint density at radius 1 is 0.667 bits per heavy atom. The maximum absolute atomic E-state index is 6.82. The Morgan fingerprint density at radius 2 is 1.07 bits per heavy atom. The summed E-state index contributed by atoms with van der Waals surface area (Å²) in [7, 11) is 0. The lowest BCUT2D eigenvalue weighted by Crippen LogP contribution is -2.22. The summed E-state index contributed by atoms with van der Waals surface area (Å²) in [6.45, 7) is 26.1. The summed E-state index contributed by atoms with van der Waals surface area (Å²) in [4.78, 5) is 2.37. The van der Waals surface area contributed by atoms with Gasteiger partial charge in [0.15, 0.2) is 11.5 Å². The second kappa shape index (κ2) is 12.6. The molecule has 0 fully saturated rings. The number of ether oxygens (including phenoxy) is 1. The quantitative estimate of drug-likeness (QED) is 0.169. The van der Waals surface area contributed by atoms with Crippen molar-refractivity contribution in [2.45, 2.75) is 91.9 Å². The SMILES string of the molecule is C=C/C(=C\C)c1cc(/C(C=C)=C/C)cc(N2c3ccc(C(C)(CC)CC)cc3Oc3cc(C(C)(CC)CC)ccc32)c1. The minimum Gasteiger partial charge on any atom is -0.453 e. The molecule has 0 spiro atoms. The van der Waals surface area contributed by atoms with Crippen molar-refractivity contribution in [1.82, 2.24) is 0 Å². The first-order valence-corrected chi connectivity index (χ1v) is 15.7. The maximum atomic E-state index is 6.82. The third-order valence-corrected chi connectivity index (χ3v) is 10.0. The van der Waals surface area contributed by atoms with Gasteiger partial charge in [0.05, 0.1) is 11.4 Å². The zero-order valence-electron chi connectivity index (χ0n) is 27.1. The van der Waals surface area contributed by atoms with Gasteiger partial charge in [0, 0.05) is 5.69 Å². The van der Waals surface area contributed by atoms with Gasteiger partial charge in [-0.2, -0.15) is 0 Å². The van der Waals surface area contributed by atoms with E-state index in [1.165, 1.54) is 11.1 Å². The Bertz CT molecular complexity index is 1420. The molecule has 1 aliphatic rings. The summed E-state index contributed by atoms with van der Waals surface area (Å²) in [5.41, 5.74) is 10.4. The third-order valence-electron chi connectivity index (χ3n) is 10.0. The van der Waals surface area contributed by atoms with E-state index in [4.69, 9.17) is 4.74 Å². The van der Waals surface area contributed by atoms with Crippen LogP contribution in [0.2, 0.25) is 0 Å². The lowest BCUT2D eigenvalue weighted by molar-refractivity contribution is 0.425. The lowest BCUT2D eigenvalue weighted by Gasteiger charge is -2.36. The van der Waals surface area contributed by atoms with Gasteiger partial charge in [-0.05, 0) is 126 Å². The third kappa shape index (κ3) is 5.52. The molecule has 1 aliphatic heterocycles. The summed E-state index contributed by atoms with van der Waals surface area (Å²) in [6, 6.07) is 20.4. The molecule has 0 saturated carbocycles. The fourth-order valence-corrected chi connectivity index (χ4v) is 6.03. The number of fused-ring (bicyclic) bond motifs is 2. The van der Waals surface area contributed by atoms with E-state index in [9.17, 15) is 0 Å². The van der Waals surface area contributed by atoms with Gasteiger partial charge in [-0.25, -0.2) is 0 Å². The molecule has 1 heterocycles. The fourth-order valence-electron chi connectivity index (χ4n) is 6.03. The smallest absolute Gasteiger partial charge is 0.151 e. The van der Waals surface area contributed by atoms with Crippen molar-refractivity contribution < 1.29 is 4.74 Å². The molecule has 0 aliphatic carbocycles. The van der Waals surface area contributed by atoms with Gasteiger partial charge in [0.1, 0.15) is 0 Å². The molecule has 0 aromatic heterocycles. The van der Waals surface area contributed by atoms with E-state index < -0.39 is 0 Å². The van der Waals surface area contributed by atoms with Crippen LogP contribution in [0.4, 0.5) is 17.1 Å². The largest absolute Gasteiger partial charge is 0.453 e. The number of allylic oxidation sites excluding steroid dienone is 6. The van der Waals surface area contributed by atoms with Crippen LogP contribution < -0.4 is 9.64 Å². The van der Waals surface area contributed by atoms with Gasteiger partial charge >= 0.3 is 0 Å². The minimum atomic E-state index is 0.0942. The second-order valence-electron chi connectivity index (χ2n) is 12.0. The first kappa shape index (κ1) is 31.2. The van der Waals surface area contributed by atoms with Crippen molar-refractivity contribution in [3.05, 3.63) is 114 Å². The molecule has 2 nitrogen and oxygen atoms in total. The molecule has 0 atom stereocenters. The number of hydrogen-bond acceptors (Lipinski definition) is 2. The Hall–Kier alpha value is -3.78. The van der Waals surface area contributed by atoms with Crippen molar-refractivity contribution in [1.29, 1.82) is 0 Å². The highest BCUT2D eigenvalue weighted by Crippen LogP contribution is 2.53. The highest BCUT2D eigenvalue weighted by molar-refractivity contribution is 5.90. The first-order valence-electron chi connectivity index (χ1n) is 15.7. The Balaban J connectivity index is 2.04. The maximum Gasteiger partial charge on any atom is 0.151 e. The van der Waals surface area contributed by atoms with Crippen LogP contribution in [0.15, 0.2) is 92.1 Å². The zero-order valence-corrected chi connectivity index (χ0v) is 27.1. The monoisotopic (exact) mass is 559 g/mol. The predicted octanol–water partition coefficient (Wildman–Crippen LogP) is 12.6. The average Bonchev–Trinajstić information content (AvgIpc) is 3.03. The van der Waals surface area contributed by atoms with Gasteiger partial charge in [-0.15, -0.1) is 0 Å². The van der Waals surface area contributed by atoms with Crippen LogP contribution in [0.5, 0.6) is 11.5 Å². The average molecular weight is 560 g/mol. The van der Waals surface area contributed by atoms with Crippen LogP contribution in [0.3, 0.4) is 0 Å². The van der Waals surface area contributed by atoms with E-state index in [-0.39, 0.29) is 10.8 Å². The van der Waals surface area contributed by atoms with Gasteiger partial charge in [-0.3, -0.25) is 0 Å². The minimum absolute atomic E-state index is 0.0942.